The number of para-hydroxylation sites is 2. The molecule has 0 atom stereocenters. The molecule has 22 heavy (non-hydrogen) atoms. The lowest BCUT2D eigenvalue weighted by Gasteiger charge is -2.31. The summed E-state index contributed by atoms with van der Waals surface area (Å²) < 4.78 is 0. The largest absolute Gasteiger partial charge is 0.370 e. The maximum Gasteiger partial charge on any atom is 0.217 e. The molecule has 2 aromatic rings. The summed E-state index contributed by atoms with van der Waals surface area (Å²) in [5.74, 6) is 0.257. The Morgan fingerprint density at radius 1 is 1.23 bits per heavy atom. The van der Waals surface area contributed by atoms with Crippen molar-refractivity contribution in [2.45, 2.75) is 32.7 Å². The number of aryl methyl sites for hydroxylation is 1. The Labute approximate surface area is 130 Å². The van der Waals surface area contributed by atoms with Crippen LogP contribution in [0.25, 0.3) is 11.0 Å². The lowest BCUT2D eigenvalue weighted by molar-refractivity contribution is -0.119. The minimum Gasteiger partial charge on any atom is -0.370 e. The zero-order chi connectivity index (χ0) is 15.5. The standard InChI is InChI=1S/C17H22N4O/c1-12-16(20-15-5-3-2-4-14(15)19-12)11-21-8-6-13(7-9-21)10-17(18)22/h2-5,13H,6-11H2,1H3,(H2,18,22). The molecule has 0 aliphatic carbocycles. The second-order valence-corrected chi connectivity index (χ2v) is 6.13. The van der Waals surface area contributed by atoms with E-state index < -0.39 is 0 Å². The van der Waals surface area contributed by atoms with Crippen molar-refractivity contribution in [3.8, 4) is 0 Å². The van der Waals surface area contributed by atoms with E-state index in [0.29, 0.717) is 12.3 Å². The SMILES string of the molecule is Cc1nc2ccccc2nc1CN1CCC(CC(N)=O)CC1. The zero-order valence-corrected chi connectivity index (χ0v) is 13.0. The number of amides is 1. The highest BCUT2D eigenvalue weighted by Crippen LogP contribution is 2.22. The summed E-state index contributed by atoms with van der Waals surface area (Å²) in [5.41, 5.74) is 9.23. The van der Waals surface area contributed by atoms with Gasteiger partial charge in [0.05, 0.1) is 22.4 Å². The van der Waals surface area contributed by atoms with Gasteiger partial charge in [-0.1, -0.05) is 12.1 Å². The Morgan fingerprint density at radius 2 is 1.86 bits per heavy atom. The quantitative estimate of drug-likeness (QED) is 0.937. The molecule has 1 aliphatic heterocycles. The molecule has 0 saturated carbocycles. The van der Waals surface area contributed by atoms with Crippen LogP contribution in [-0.4, -0.2) is 33.9 Å². The molecule has 5 nitrogen and oxygen atoms in total. The Balaban J connectivity index is 1.67. The van der Waals surface area contributed by atoms with E-state index in [4.69, 9.17) is 10.7 Å². The van der Waals surface area contributed by atoms with Crippen LogP contribution in [0, 0.1) is 12.8 Å². The van der Waals surface area contributed by atoms with Crippen LogP contribution in [-0.2, 0) is 11.3 Å². The number of rotatable bonds is 4. The van der Waals surface area contributed by atoms with Crippen LogP contribution in [0.1, 0.15) is 30.7 Å². The highest BCUT2D eigenvalue weighted by molar-refractivity contribution is 5.74. The highest BCUT2D eigenvalue weighted by atomic mass is 16.1. The summed E-state index contributed by atoms with van der Waals surface area (Å²) in [5, 5.41) is 0. The normalized spacial score (nSPS) is 17.0. The second kappa shape index (κ2) is 6.40. The summed E-state index contributed by atoms with van der Waals surface area (Å²) in [6.45, 7) is 4.83. The fourth-order valence-electron chi connectivity index (χ4n) is 3.12. The van der Waals surface area contributed by atoms with Gasteiger partial charge in [-0.05, 0) is 50.9 Å². The number of nitrogens with zero attached hydrogens (tertiary/aromatic N) is 3. The van der Waals surface area contributed by atoms with E-state index in [9.17, 15) is 4.79 Å². The number of nitrogens with two attached hydrogens (primary N) is 1. The van der Waals surface area contributed by atoms with Crippen LogP contribution >= 0.6 is 0 Å². The van der Waals surface area contributed by atoms with Gasteiger partial charge in [0, 0.05) is 13.0 Å². The maximum atomic E-state index is 11.0. The molecule has 1 aromatic heterocycles. The highest BCUT2D eigenvalue weighted by Gasteiger charge is 2.21. The molecule has 5 heteroatoms. The lowest BCUT2D eigenvalue weighted by Crippen LogP contribution is -2.35. The van der Waals surface area contributed by atoms with Crippen LogP contribution in [0.4, 0.5) is 0 Å². The molecule has 2 N–H and O–H groups in total. The van der Waals surface area contributed by atoms with E-state index in [-0.39, 0.29) is 5.91 Å². The summed E-state index contributed by atoms with van der Waals surface area (Å²) >= 11 is 0. The van der Waals surface area contributed by atoms with Crippen LogP contribution in [0.3, 0.4) is 0 Å². The van der Waals surface area contributed by atoms with E-state index in [1.165, 1.54) is 0 Å². The van der Waals surface area contributed by atoms with Gasteiger partial charge in [-0.25, -0.2) is 9.97 Å². The van der Waals surface area contributed by atoms with Crippen molar-refractivity contribution in [2.75, 3.05) is 13.1 Å². The summed E-state index contributed by atoms with van der Waals surface area (Å²) in [7, 11) is 0. The molecule has 116 valence electrons. The molecule has 2 heterocycles. The molecule has 0 unspecified atom stereocenters. The van der Waals surface area contributed by atoms with Gasteiger partial charge in [0.25, 0.3) is 0 Å². The first-order valence-corrected chi connectivity index (χ1v) is 7.85. The number of hydrogen-bond acceptors (Lipinski definition) is 4. The van der Waals surface area contributed by atoms with Crippen molar-refractivity contribution >= 4 is 16.9 Å². The number of aromatic nitrogens is 2. The number of piperidine rings is 1. The first-order chi connectivity index (χ1) is 10.6. The van der Waals surface area contributed by atoms with Gasteiger partial charge in [-0.15, -0.1) is 0 Å². The number of carbonyl (C=O) groups is 1. The fourth-order valence-corrected chi connectivity index (χ4v) is 3.12. The third-order valence-electron chi connectivity index (χ3n) is 4.41. The first-order valence-electron chi connectivity index (χ1n) is 7.85. The maximum absolute atomic E-state index is 11.0. The van der Waals surface area contributed by atoms with Gasteiger partial charge in [0.2, 0.25) is 5.91 Å². The Kier molecular flexibility index (Phi) is 4.34. The molecule has 0 radical (unpaired) electrons. The molecule has 1 saturated heterocycles. The minimum absolute atomic E-state index is 0.185. The number of benzene rings is 1. The van der Waals surface area contributed by atoms with E-state index in [2.05, 4.69) is 9.88 Å². The smallest absolute Gasteiger partial charge is 0.217 e. The number of fused-ring (bicyclic) bond motifs is 1. The molecule has 1 amide bonds. The average Bonchev–Trinajstić information content (AvgIpc) is 2.49. The number of carbonyl (C=O) groups excluding carboxylic acids is 1. The van der Waals surface area contributed by atoms with Crippen molar-refractivity contribution in [3.05, 3.63) is 35.7 Å². The van der Waals surface area contributed by atoms with Gasteiger partial charge >= 0.3 is 0 Å². The van der Waals surface area contributed by atoms with E-state index in [1.807, 2.05) is 31.2 Å². The monoisotopic (exact) mass is 298 g/mol. The Morgan fingerprint density at radius 3 is 2.50 bits per heavy atom. The average molecular weight is 298 g/mol. The predicted molar refractivity (Wildman–Crippen MR) is 86.1 cm³/mol. The Hall–Kier alpha value is -2.01. The molecule has 0 bridgehead atoms. The van der Waals surface area contributed by atoms with Crippen LogP contribution < -0.4 is 5.73 Å². The number of hydrogen-bond donors (Lipinski definition) is 1. The van der Waals surface area contributed by atoms with Gasteiger partial charge in [-0.2, -0.15) is 0 Å². The molecular formula is C17H22N4O. The second-order valence-electron chi connectivity index (χ2n) is 6.13. The van der Waals surface area contributed by atoms with Crippen molar-refractivity contribution in [1.29, 1.82) is 0 Å². The fraction of sp³-hybridized carbons (Fsp3) is 0.471. The number of likely N-dealkylation sites (tertiary alicyclic amines) is 1. The van der Waals surface area contributed by atoms with Gasteiger partial charge < -0.3 is 5.73 Å². The molecule has 1 fully saturated rings. The van der Waals surface area contributed by atoms with Crippen LogP contribution in [0.5, 0.6) is 0 Å². The van der Waals surface area contributed by atoms with Gasteiger partial charge in [0.15, 0.2) is 0 Å². The van der Waals surface area contributed by atoms with Gasteiger partial charge in [0.1, 0.15) is 0 Å². The van der Waals surface area contributed by atoms with E-state index in [0.717, 1.165) is 54.9 Å². The minimum atomic E-state index is -0.185. The van der Waals surface area contributed by atoms with Crippen molar-refractivity contribution in [1.82, 2.24) is 14.9 Å². The topological polar surface area (TPSA) is 72.1 Å². The third-order valence-corrected chi connectivity index (χ3v) is 4.41. The van der Waals surface area contributed by atoms with Crippen molar-refractivity contribution in [2.24, 2.45) is 11.7 Å². The Bertz CT molecular complexity index is 677. The molecule has 3 rings (SSSR count). The zero-order valence-electron chi connectivity index (χ0n) is 13.0. The number of primary amides is 1. The molecular weight excluding hydrogens is 276 g/mol. The molecule has 1 aliphatic rings. The molecule has 1 aromatic carbocycles. The first kappa shape index (κ1) is 14.9. The van der Waals surface area contributed by atoms with Gasteiger partial charge in [-0.3, -0.25) is 9.69 Å². The molecule has 0 spiro atoms. The van der Waals surface area contributed by atoms with Crippen molar-refractivity contribution in [3.63, 3.8) is 0 Å². The third kappa shape index (κ3) is 3.42. The van der Waals surface area contributed by atoms with E-state index in [1.54, 1.807) is 0 Å². The summed E-state index contributed by atoms with van der Waals surface area (Å²) in [6, 6.07) is 7.98. The summed E-state index contributed by atoms with van der Waals surface area (Å²) in [6.07, 6.45) is 2.58. The van der Waals surface area contributed by atoms with Crippen molar-refractivity contribution < 1.29 is 4.79 Å². The summed E-state index contributed by atoms with van der Waals surface area (Å²) in [4.78, 5) is 22.8. The lowest BCUT2D eigenvalue weighted by atomic mass is 9.93. The van der Waals surface area contributed by atoms with Crippen LogP contribution in [0.2, 0.25) is 0 Å². The predicted octanol–water partition coefficient (Wildman–Crippen LogP) is 2.03. The van der Waals surface area contributed by atoms with E-state index >= 15 is 0 Å². The van der Waals surface area contributed by atoms with Crippen LogP contribution in [0.15, 0.2) is 24.3 Å².